The molecule has 2 atom stereocenters. The molecule has 0 aromatic carbocycles. The maximum atomic E-state index is 9.73. The first-order valence-corrected chi connectivity index (χ1v) is 4.87. The summed E-state index contributed by atoms with van der Waals surface area (Å²) in [5.74, 6) is -0.312. The molecule has 1 aromatic rings. The van der Waals surface area contributed by atoms with Gasteiger partial charge in [-0.25, -0.2) is 4.98 Å². The fraction of sp³-hybridized carbons (Fsp3) is 0.444. The number of rotatable bonds is 5. The lowest BCUT2D eigenvalue weighted by Gasteiger charge is -2.17. The smallest absolute Gasteiger partial charge is 0.165 e. The summed E-state index contributed by atoms with van der Waals surface area (Å²) in [6, 6.07) is 1.23. The van der Waals surface area contributed by atoms with Gasteiger partial charge in [0.05, 0.1) is 6.10 Å². The molecule has 8 nitrogen and oxygen atoms in total. The van der Waals surface area contributed by atoms with Crippen molar-refractivity contribution < 1.29 is 15.3 Å². The summed E-state index contributed by atoms with van der Waals surface area (Å²) in [4.78, 5) is 6.18. The molecule has 0 bridgehead atoms. The van der Waals surface area contributed by atoms with Gasteiger partial charge in [0, 0.05) is 23.2 Å². The molecule has 0 aliphatic rings. The molecular formula is C9H13N5O3. The van der Waals surface area contributed by atoms with Crippen molar-refractivity contribution in [3.8, 4) is 5.75 Å². The number of hydrogen-bond donors (Lipinski definition) is 4. The number of aliphatic hydroxyl groups excluding tert-OH is 2. The second kappa shape index (κ2) is 5.90. The number of nitrogens with two attached hydrogens (primary N) is 1. The summed E-state index contributed by atoms with van der Waals surface area (Å²) >= 11 is 0. The lowest BCUT2D eigenvalue weighted by Crippen LogP contribution is -2.19. The molecule has 1 heterocycles. The summed E-state index contributed by atoms with van der Waals surface area (Å²) in [5, 5.41) is 31.9. The lowest BCUT2D eigenvalue weighted by atomic mass is 10.0. The highest BCUT2D eigenvalue weighted by molar-refractivity contribution is 5.46. The van der Waals surface area contributed by atoms with E-state index in [0.717, 1.165) is 0 Å². The Bertz CT molecular complexity index is 433. The van der Waals surface area contributed by atoms with Crippen molar-refractivity contribution in [1.29, 1.82) is 0 Å². The molecule has 0 saturated carbocycles. The summed E-state index contributed by atoms with van der Waals surface area (Å²) in [5.41, 5.74) is 13.6. The van der Waals surface area contributed by atoms with Crippen molar-refractivity contribution in [1.82, 2.24) is 4.98 Å². The predicted molar refractivity (Wildman–Crippen MR) is 59.9 cm³/mol. The van der Waals surface area contributed by atoms with Gasteiger partial charge < -0.3 is 21.1 Å². The van der Waals surface area contributed by atoms with Crippen molar-refractivity contribution >= 4 is 5.82 Å². The average molecular weight is 239 g/mol. The first-order chi connectivity index (χ1) is 8.06. The van der Waals surface area contributed by atoms with Crippen LogP contribution in [0.15, 0.2) is 17.4 Å². The zero-order valence-electron chi connectivity index (χ0n) is 8.93. The topological polar surface area (TPSA) is 148 Å². The predicted octanol–water partition coefficient (Wildman–Crippen LogP) is 0.464. The molecule has 0 spiro atoms. The van der Waals surface area contributed by atoms with E-state index in [1.165, 1.54) is 12.3 Å². The van der Waals surface area contributed by atoms with Crippen LogP contribution in [0.4, 0.5) is 5.82 Å². The summed E-state index contributed by atoms with van der Waals surface area (Å²) in [7, 11) is 0. The van der Waals surface area contributed by atoms with Crippen molar-refractivity contribution in [3.05, 3.63) is 28.3 Å². The molecule has 0 saturated heterocycles. The molecule has 0 aliphatic carbocycles. The maximum absolute atomic E-state index is 9.73. The number of hydrogen-bond acceptors (Lipinski definition) is 6. The van der Waals surface area contributed by atoms with E-state index < -0.39 is 12.2 Å². The van der Waals surface area contributed by atoms with Crippen LogP contribution in [0.1, 0.15) is 18.1 Å². The lowest BCUT2D eigenvalue weighted by molar-refractivity contribution is 0.0147. The van der Waals surface area contributed by atoms with E-state index in [2.05, 4.69) is 15.0 Å². The quantitative estimate of drug-likeness (QED) is 0.334. The number of nitrogen functional groups attached to an aromatic ring is 1. The Morgan fingerprint density at radius 1 is 1.53 bits per heavy atom. The van der Waals surface area contributed by atoms with Gasteiger partial charge in [-0.2, -0.15) is 0 Å². The minimum Gasteiger partial charge on any atom is -0.504 e. The van der Waals surface area contributed by atoms with E-state index in [0.29, 0.717) is 0 Å². The van der Waals surface area contributed by atoms with Gasteiger partial charge in [0.1, 0.15) is 6.10 Å². The van der Waals surface area contributed by atoms with Gasteiger partial charge in [-0.1, -0.05) is 5.11 Å². The Kier molecular flexibility index (Phi) is 4.53. The second-order valence-corrected chi connectivity index (χ2v) is 3.43. The highest BCUT2D eigenvalue weighted by atomic mass is 16.3. The van der Waals surface area contributed by atoms with E-state index in [1.807, 2.05) is 0 Å². The minimum absolute atomic E-state index is 0.0514. The molecule has 17 heavy (non-hydrogen) atoms. The molecule has 5 N–H and O–H groups in total. The van der Waals surface area contributed by atoms with E-state index in [1.54, 1.807) is 0 Å². The van der Waals surface area contributed by atoms with Crippen molar-refractivity contribution in [2.45, 2.75) is 18.6 Å². The Morgan fingerprint density at radius 2 is 2.24 bits per heavy atom. The molecular weight excluding hydrogens is 226 g/mol. The standard InChI is InChI=1S/C9H13N5O3/c10-9-7(16)3-5(4-12-9)8(17)6(15)1-2-13-14-11/h3-4,6,8,15-17H,1-2H2,(H2,10,12). The number of pyridine rings is 1. The Balaban J connectivity index is 2.70. The van der Waals surface area contributed by atoms with Gasteiger partial charge in [-0.3, -0.25) is 0 Å². The Hall–Kier alpha value is -2.02. The third-order valence-corrected chi connectivity index (χ3v) is 2.21. The fourth-order valence-electron chi connectivity index (χ4n) is 1.26. The summed E-state index contributed by atoms with van der Waals surface area (Å²) < 4.78 is 0. The van der Waals surface area contributed by atoms with Gasteiger partial charge in [-0.15, -0.1) is 0 Å². The van der Waals surface area contributed by atoms with Crippen LogP contribution in [-0.4, -0.2) is 33.0 Å². The van der Waals surface area contributed by atoms with Crippen LogP contribution in [0, 0.1) is 0 Å². The molecule has 0 amide bonds. The van der Waals surface area contributed by atoms with E-state index in [9.17, 15) is 15.3 Å². The summed E-state index contributed by atoms with van der Waals surface area (Å²) in [6.45, 7) is 0.0725. The number of aromatic hydroxyl groups is 1. The first kappa shape index (κ1) is 13.0. The zero-order chi connectivity index (χ0) is 12.8. The highest BCUT2D eigenvalue weighted by Crippen LogP contribution is 2.24. The number of anilines is 1. The van der Waals surface area contributed by atoms with Crippen molar-refractivity contribution in [3.63, 3.8) is 0 Å². The van der Waals surface area contributed by atoms with Crippen molar-refractivity contribution in [2.75, 3.05) is 12.3 Å². The van der Waals surface area contributed by atoms with Gasteiger partial charge in [0.15, 0.2) is 11.6 Å². The van der Waals surface area contributed by atoms with Crippen molar-refractivity contribution in [2.24, 2.45) is 5.11 Å². The molecule has 0 radical (unpaired) electrons. The van der Waals surface area contributed by atoms with E-state index in [4.69, 9.17) is 11.3 Å². The third kappa shape index (κ3) is 3.49. The molecule has 1 rings (SSSR count). The SMILES string of the molecule is [N-]=[N+]=NCCC(O)C(O)c1cnc(N)c(O)c1. The molecule has 1 aromatic heterocycles. The average Bonchev–Trinajstić information content (AvgIpc) is 2.32. The molecule has 2 unspecified atom stereocenters. The third-order valence-electron chi connectivity index (χ3n) is 2.21. The number of aliphatic hydroxyl groups is 2. The van der Waals surface area contributed by atoms with E-state index >= 15 is 0 Å². The Labute approximate surface area is 97.0 Å². The van der Waals surface area contributed by atoms with Crippen LogP contribution < -0.4 is 5.73 Å². The first-order valence-electron chi connectivity index (χ1n) is 4.87. The molecule has 8 heteroatoms. The normalized spacial score (nSPS) is 13.8. The van der Waals surface area contributed by atoms with Gasteiger partial charge in [-0.05, 0) is 18.0 Å². The number of aromatic nitrogens is 1. The summed E-state index contributed by atoms with van der Waals surface area (Å²) in [6.07, 6.45) is -0.958. The number of azide groups is 1. The maximum Gasteiger partial charge on any atom is 0.165 e. The monoisotopic (exact) mass is 239 g/mol. The number of nitrogens with zero attached hydrogens (tertiary/aromatic N) is 4. The van der Waals surface area contributed by atoms with E-state index in [-0.39, 0.29) is 30.1 Å². The largest absolute Gasteiger partial charge is 0.504 e. The van der Waals surface area contributed by atoms with Crippen LogP contribution >= 0.6 is 0 Å². The van der Waals surface area contributed by atoms with Crippen LogP contribution in [0.3, 0.4) is 0 Å². The second-order valence-electron chi connectivity index (χ2n) is 3.43. The van der Waals surface area contributed by atoms with Crippen LogP contribution in [-0.2, 0) is 0 Å². The van der Waals surface area contributed by atoms with Gasteiger partial charge in [0.25, 0.3) is 0 Å². The highest BCUT2D eigenvalue weighted by Gasteiger charge is 2.19. The zero-order valence-corrected chi connectivity index (χ0v) is 8.93. The van der Waals surface area contributed by atoms with Crippen LogP contribution in [0.25, 0.3) is 10.4 Å². The van der Waals surface area contributed by atoms with Gasteiger partial charge in [0.2, 0.25) is 0 Å². The van der Waals surface area contributed by atoms with Crippen LogP contribution in [0.5, 0.6) is 5.75 Å². The van der Waals surface area contributed by atoms with Gasteiger partial charge >= 0.3 is 0 Å². The Morgan fingerprint density at radius 3 is 2.82 bits per heavy atom. The van der Waals surface area contributed by atoms with Crippen LogP contribution in [0.2, 0.25) is 0 Å². The molecule has 92 valence electrons. The molecule has 0 fully saturated rings. The fourth-order valence-corrected chi connectivity index (χ4v) is 1.26. The molecule has 0 aliphatic heterocycles. The minimum atomic E-state index is -1.22.